The van der Waals surface area contributed by atoms with Crippen molar-refractivity contribution in [2.24, 2.45) is 10.7 Å². The lowest BCUT2D eigenvalue weighted by molar-refractivity contribution is 0.213. The first-order valence-corrected chi connectivity index (χ1v) is 6.03. The van der Waals surface area contributed by atoms with E-state index in [9.17, 15) is 0 Å². The van der Waals surface area contributed by atoms with E-state index in [1.807, 2.05) is 18.2 Å². The molecule has 0 saturated carbocycles. The van der Waals surface area contributed by atoms with Crippen LogP contribution < -0.4 is 5.73 Å². The molecule has 4 heteroatoms. The minimum atomic E-state index is 0.666. The van der Waals surface area contributed by atoms with E-state index in [4.69, 9.17) is 5.73 Å². The second-order valence-electron chi connectivity index (χ2n) is 4.45. The van der Waals surface area contributed by atoms with Gasteiger partial charge in [-0.25, -0.2) is 4.99 Å². The van der Waals surface area contributed by atoms with Crippen LogP contribution >= 0.6 is 0 Å². The zero-order valence-corrected chi connectivity index (χ0v) is 10.3. The Morgan fingerprint density at radius 3 is 2.47 bits per heavy atom. The van der Waals surface area contributed by atoms with Crippen molar-refractivity contribution in [1.29, 1.82) is 0 Å². The molecule has 0 bridgehead atoms. The summed E-state index contributed by atoms with van der Waals surface area (Å²) in [6, 6.07) is 10.2. The topological polar surface area (TPSA) is 44.9 Å². The summed E-state index contributed by atoms with van der Waals surface area (Å²) >= 11 is 0. The Kier molecular flexibility index (Phi) is 3.98. The van der Waals surface area contributed by atoms with Crippen molar-refractivity contribution >= 4 is 5.96 Å². The molecule has 0 aliphatic carbocycles. The summed E-state index contributed by atoms with van der Waals surface area (Å²) in [5, 5.41) is 0. The van der Waals surface area contributed by atoms with Gasteiger partial charge in [-0.3, -0.25) is 0 Å². The largest absolute Gasteiger partial charge is 0.370 e. The Labute approximate surface area is 103 Å². The number of guanidine groups is 1. The molecule has 2 rings (SSSR count). The SMILES string of the molecule is CN1CCN(C(N)=NCc2ccccc2)CC1. The summed E-state index contributed by atoms with van der Waals surface area (Å²) in [7, 11) is 2.13. The van der Waals surface area contributed by atoms with Crippen molar-refractivity contribution in [1.82, 2.24) is 9.80 Å². The first-order chi connectivity index (χ1) is 8.25. The Balaban J connectivity index is 1.89. The fraction of sp³-hybridized carbons (Fsp3) is 0.462. The molecule has 0 aromatic heterocycles. The Morgan fingerprint density at radius 2 is 1.82 bits per heavy atom. The predicted molar refractivity (Wildman–Crippen MR) is 70.8 cm³/mol. The molecule has 1 fully saturated rings. The molecule has 4 nitrogen and oxygen atoms in total. The van der Waals surface area contributed by atoms with E-state index >= 15 is 0 Å². The van der Waals surface area contributed by atoms with Crippen molar-refractivity contribution in [2.45, 2.75) is 6.54 Å². The molecule has 1 aliphatic rings. The van der Waals surface area contributed by atoms with Crippen LogP contribution in [0.3, 0.4) is 0 Å². The molecule has 0 atom stereocenters. The molecular weight excluding hydrogens is 212 g/mol. The molecule has 1 aromatic rings. The van der Waals surface area contributed by atoms with Crippen molar-refractivity contribution in [3.05, 3.63) is 35.9 Å². The molecule has 0 radical (unpaired) electrons. The summed E-state index contributed by atoms with van der Waals surface area (Å²) < 4.78 is 0. The lowest BCUT2D eigenvalue weighted by Gasteiger charge is -2.33. The maximum atomic E-state index is 6.00. The monoisotopic (exact) mass is 232 g/mol. The van der Waals surface area contributed by atoms with Crippen LogP contribution in [0.25, 0.3) is 0 Å². The molecule has 17 heavy (non-hydrogen) atoms. The fourth-order valence-corrected chi connectivity index (χ4v) is 1.89. The standard InChI is InChI=1S/C13H20N4/c1-16-7-9-17(10-8-16)13(14)15-11-12-5-3-2-4-6-12/h2-6H,7-11H2,1H3,(H2,14,15). The quantitative estimate of drug-likeness (QED) is 0.604. The van der Waals surface area contributed by atoms with E-state index in [0.29, 0.717) is 12.5 Å². The molecular formula is C13H20N4. The van der Waals surface area contributed by atoms with Crippen LogP contribution in [0.15, 0.2) is 35.3 Å². The Hall–Kier alpha value is -1.55. The third kappa shape index (κ3) is 3.46. The summed E-state index contributed by atoms with van der Waals surface area (Å²) in [6.07, 6.45) is 0. The Bertz CT molecular complexity index is 366. The highest BCUT2D eigenvalue weighted by molar-refractivity contribution is 5.78. The number of hydrogen-bond donors (Lipinski definition) is 1. The fourth-order valence-electron chi connectivity index (χ4n) is 1.89. The number of nitrogens with zero attached hydrogens (tertiary/aromatic N) is 3. The van der Waals surface area contributed by atoms with E-state index in [1.54, 1.807) is 0 Å². The van der Waals surface area contributed by atoms with Crippen molar-refractivity contribution in [2.75, 3.05) is 33.2 Å². The molecule has 0 amide bonds. The number of aliphatic imine (C=N–C) groups is 1. The number of hydrogen-bond acceptors (Lipinski definition) is 2. The van der Waals surface area contributed by atoms with E-state index in [1.165, 1.54) is 5.56 Å². The normalized spacial score (nSPS) is 18.4. The average molecular weight is 232 g/mol. The summed E-state index contributed by atoms with van der Waals surface area (Å²) in [5.74, 6) is 0.668. The highest BCUT2D eigenvalue weighted by atomic mass is 15.3. The minimum absolute atomic E-state index is 0.666. The number of likely N-dealkylation sites (N-methyl/N-ethyl adjacent to an activating group) is 1. The smallest absolute Gasteiger partial charge is 0.191 e. The van der Waals surface area contributed by atoms with Gasteiger partial charge in [-0.05, 0) is 12.6 Å². The van der Waals surface area contributed by atoms with Gasteiger partial charge in [0.05, 0.1) is 6.54 Å². The highest BCUT2D eigenvalue weighted by Crippen LogP contribution is 2.02. The molecule has 2 N–H and O–H groups in total. The summed E-state index contributed by atoms with van der Waals surface area (Å²) in [6.45, 7) is 4.73. The third-order valence-corrected chi connectivity index (χ3v) is 3.09. The minimum Gasteiger partial charge on any atom is -0.370 e. The lowest BCUT2D eigenvalue weighted by atomic mass is 10.2. The van der Waals surface area contributed by atoms with Crippen LogP contribution in [0.4, 0.5) is 0 Å². The van der Waals surface area contributed by atoms with Gasteiger partial charge in [0.1, 0.15) is 0 Å². The second-order valence-corrected chi connectivity index (χ2v) is 4.45. The first-order valence-electron chi connectivity index (χ1n) is 6.03. The zero-order chi connectivity index (χ0) is 12.1. The van der Waals surface area contributed by atoms with Crippen molar-refractivity contribution < 1.29 is 0 Å². The molecule has 1 saturated heterocycles. The summed E-state index contributed by atoms with van der Waals surface area (Å²) in [4.78, 5) is 8.91. The van der Waals surface area contributed by atoms with Gasteiger partial charge in [0.15, 0.2) is 5.96 Å². The zero-order valence-electron chi connectivity index (χ0n) is 10.3. The summed E-state index contributed by atoms with van der Waals surface area (Å²) in [5.41, 5.74) is 7.20. The first kappa shape index (κ1) is 11.9. The number of rotatable bonds is 2. The van der Waals surface area contributed by atoms with Crippen LogP contribution in [0.2, 0.25) is 0 Å². The van der Waals surface area contributed by atoms with Gasteiger partial charge in [0, 0.05) is 26.2 Å². The molecule has 0 spiro atoms. The van der Waals surface area contributed by atoms with E-state index in [0.717, 1.165) is 26.2 Å². The molecule has 1 heterocycles. The molecule has 0 unspecified atom stereocenters. The second kappa shape index (κ2) is 5.68. The van der Waals surface area contributed by atoms with Gasteiger partial charge in [0.25, 0.3) is 0 Å². The van der Waals surface area contributed by atoms with Gasteiger partial charge in [-0.15, -0.1) is 0 Å². The van der Waals surface area contributed by atoms with Crippen LogP contribution in [-0.4, -0.2) is 49.0 Å². The van der Waals surface area contributed by atoms with Gasteiger partial charge in [-0.2, -0.15) is 0 Å². The molecule has 1 aliphatic heterocycles. The van der Waals surface area contributed by atoms with Gasteiger partial charge in [0.2, 0.25) is 0 Å². The predicted octanol–water partition coefficient (Wildman–Crippen LogP) is 0.749. The number of benzene rings is 1. The lowest BCUT2D eigenvalue weighted by Crippen LogP contribution is -2.49. The molecule has 1 aromatic carbocycles. The third-order valence-electron chi connectivity index (χ3n) is 3.09. The highest BCUT2D eigenvalue weighted by Gasteiger charge is 2.14. The molecule has 92 valence electrons. The van der Waals surface area contributed by atoms with E-state index in [2.05, 4.69) is 34.0 Å². The number of nitrogens with two attached hydrogens (primary N) is 1. The van der Waals surface area contributed by atoms with Crippen molar-refractivity contribution in [3.63, 3.8) is 0 Å². The van der Waals surface area contributed by atoms with Crippen LogP contribution in [-0.2, 0) is 6.54 Å². The van der Waals surface area contributed by atoms with E-state index in [-0.39, 0.29) is 0 Å². The van der Waals surface area contributed by atoms with Crippen molar-refractivity contribution in [3.8, 4) is 0 Å². The van der Waals surface area contributed by atoms with Gasteiger partial charge in [-0.1, -0.05) is 30.3 Å². The van der Waals surface area contributed by atoms with Crippen LogP contribution in [0.1, 0.15) is 5.56 Å². The van der Waals surface area contributed by atoms with Gasteiger partial charge < -0.3 is 15.5 Å². The van der Waals surface area contributed by atoms with E-state index < -0.39 is 0 Å². The maximum Gasteiger partial charge on any atom is 0.191 e. The van der Waals surface area contributed by atoms with Crippen LogP contribution in [0.5, 0.6) is 0 Å². The maximum absolute atomic E-state index is 6.00. The average Bonchev–Trinajstić information content (AvgIpc) is 2.38. The van der Waals surface area contributed by atoms with Crippen LogP contribution in [0, 0.1) is 0 Å². The van der Waals surface area contributed by atoms with Gasteiger partial charge >= 0.3 is 0 Å². The number of piperazine rings is 1. The Morgan fingerprint density at radius 1 is 1.18 bits per heavy atom.